The lowest BCUT2D eigenvalue weighted by molar-refractivity contribution is -0.0399. The van der Waals surface area contributed by atoms with Crippen LogP contribution in [-0.4, -0.2) is 0 Å². The van der Waals surface area contributed by atoms with E-state index in [9.17, 15) is 0 Å². The van der Waals surface area contributed by atoms with Gasteiger partial charge in [0.25, 0.3) is 0 Å². The zero-order valence-corrected chi connectivity index (χ0v) is 33.0. The van der Waals surface area contributed by atoms with Gasteiger partial charge in [-0.25, -0.2) is 0 Å². The highest BCUT2D eigenvalue weighted by molar-refractivity contribution is 5.86. The summed E-state index contributed by atoms with van der Waals surface area (Å²) in [5, 5.41) is 0. The fourth-order valence-corrected chi connectivity index (χ4v) is 12.7. The first-order valence-corrected chi connectivity index (χ1v) is 21.1. The van der Waals surface area contributed by atoms with Crippen LogP contribution in [0.15, 0.2) is 140 Å². The Bertz CT molecular complexity index is 2400. The van der Waals surface area contributed by atoms with Gasteiger partial charge in [0.15, 0.2) is 0 Å². The molecule has 0 aromatic heterocycles. The van der Waals surface area contributed by atoms with Crippen LogP contribution in [-0.2, 0) is 16.2 Å². The van der Waals surface area contributed by atoms with Crippen LogP contribution in [0.2, 0.25) is 0 Å². The van der Waals surface area contributed by atoms with Crippen molar-refractivity contribution in [2.75, 3.05) is 4.90 Å². The van der Waals surface area contributed by atoms with Crippen molar-refractivity contribution >= 4 is 17.1 Å². The number of nitrogens with zero attached hydrogens (tertiary/aromatic N) is 1. The first-order chi connectivity index (χ1) is 26.7. The fourth-order valence-electron chi connectivity index (χ4n) is 12.7. The molecule has 0 amide bonds. The predicted molar refractivity (Wildman–Crippen MR) is 231 cm³/mol. The van der Waals surface area contributed by atoms with Gasteiger partial charge < -0.3 is 4.90 Å². The summed E-state index contributed by atoms with van der Waals surface area (Å²) in [4.78, 5) is 2.47. The molecule has 6 aliphatic rings. The molecule has 0 heterocycles. The number of hydrogen-bond acceptors (Lipinski definition) is 1. The Kier molecular flexibility index (Phi) is 7.34. The maximum Gasteiger partial charge on any atom is 0.0464 e. The van der Waals surface area contributed by atoms with E-state index in [1.807, 2.05) is 0 Å². The molecule has 6 aromatic carbocycles. The van der Waals surface area contributed by atoms with E-state index < -0.39 is 0 Å². The normalized spacial score (nSPS) is 26.0. The third-order valence-electron chi connectivity index (χ3n) is 15.3. The molecule has 1 heteroatoms. The van der Waals surface area contributed by atoms with Crippen LogP contribution in [0.4, 0.5) is 17.1 Å². The summed E-state index contributed by atoms with van der Waals surface area (Å²) in [6.45, 7) is 9.70. The van der Waals surface area contributed by atoms with Crippen molar-refractivity contribution in [1.82, 2.24) is 0 Å². The molecule has 0 radical (unpaired) electrons. The highest BCUT2D eigenvalue weighted by Gasteiger charge is 2.61. The molecule has 1 spiro atoms. The lowest BCUT2D eigenvalue weighted by Gasteiger charge is -2.61. The maximum atomic E-state index is 2.62. The largest absolute Gasteiger partial charge is 0.310 e. The van der Waals surface area contributed by atoms with Gasteiger partial charge in [0.2, 0.25) is 0 Å². The van der Waals surface area contributed by atoms with E-state index in [0.29, 0.717) is 0 Å². The molecule has 4 saturated carbocycles. The summed E-state index contributed by atoms with van der Waals surface area (Å²) in [6, 6.07) is 53.6. The standard InChI is InChI=1S/C54H53N/c1-52(2)26-27-53(3,4)51-34-45(23-25-49(51)52)55(43-19-14-38(15-20-43)37-10-6-5-7-11-37)44-21-16-39(17-22-44)40-18-24-47-46-12-8-9-13-48(46)54(50(47)33-40)41-29-35-28-36(31-41)32-42(54)30-35/h5-25,33-36,41-42H,26-32H2,1-4H3. The Morgan fingerprint density at radius 3 is 1.56 bits per heavy atom. The topological polar surface area (TPSA) is 3.24 Å². The summed E-state index contributed by atoms with van der Waals surface area (Å²) in [5.74, 6) is 3.45. The third-order valence-corrected chi connectivity index (χ3v) is 15.3. The van der Waals surface area contributed by atoms with Crippen LogP contribution in [0.1, 0.15) is 94.9 Å². The van der Waals surface area contributed by atoms with Crippen molar-refractivity contribution in [3.63, 3.8) is 0 Å². The van der Waals surface area contributed by atoms with E-state index in [1.165, 1.54) is 107 Å². The Morgan fingerprint density at radius 1 is 0.400 bits per heavy atom. The van der Waals surface area contributed by atoms with Gasteiger partial charge in [0, 0.05) is 22.5 Å². The Morgan fingerprint density at radius 2 is 0.909 bits per heavy atom. The molecular weight excluding hydrogens is 663 g/mol. The summed E-state index contributed by atoms with van der Waals surface area (Å²) in [7, 11) is 0. The first kappa shape index (κ1) is 33.5. The van der Waals surface area contributed by atoms with E-state index in [-0.39, 0.29) is 16.2 Å². The van der Waals surface area contributed by atoms with Gasteiger partial charge in [-0.2, -0.15) is 0 Å². The minimum Gasteiger partial charge on any atom is -0.310 e. The SMILES string of the molecule is CC1(C)CCC(C)(C)c2cc(N(c3ccc(-c4ccccc4)cc3)c3ccc(-c4ccc5c(c4)C4(c6ccccc6-5)C5CC6CC(C5)CC4C6)cc3)ccc21. The maximum absolute atomic E-state index is 2.62. The van der Waals surface area contributed by atoms with Crippen molar-refractivity contribution in [3.05, 3.63) is 162 Å². The van der Waals surface area contributed by atoms with Crippen molar-refractivity contribution in [1.29, 1.82) is 0 Å². The molecule has 6 aliphatic carbocycles. The Hall–Kier alpha value is -4.88. The third kappa shape index (κ3) is 5.04. The summed E-state index contributed by atoms with van der Waals surface area (Å²) >= 11 is 0. The van der Waals surface area contributed by atoms with E-state index in [4.69, 9.17) is 0 Å². The van der Waals surface area contributed by atoms with Gasteiger partial charge in [-0.15, -0.1) is 0 Å². The quantitative estimate of drug-likeness (QED) is 0.172. The van der Waals surface area contributed by atoms with Gasteiger partial charge in [-0.3, -0.25) is 0 Å². The summed E-state index contributed by atoms with van der Waals surface area (Å²) in [6.07, 6.45) is 9.57. The number of hydrogen-bond donors (Lipinski definition) is 0. The lowest BCUT2D eigenvalue weighted by Crippen LogP contribution is -2.55. The molecule has 6 aromatic rings. The first-order valence-electron chi connectivity index (χ1n) is 21.1. The second-order valence-electron chi connectivity index (χ2n) is 19.3. The minimum atomic E-state index is 0.134. The smallest absolute Gasteiger partial charge is 0.0464 e. The van der Waals surface area contributed by atoms with Gasteiger partial charge in [0.1, 0.15) is 0 Å². The van der Waals surface area contributed by atoms with E-state index in [0.717, 1.165) is 23.7 Å². The summed E-state index contributed by atoms with van der Waals surface area (Å²) < 4.78 is 0. The highest BCUT2D eigenvalue weighted by Crippen LogP contribution is 2.69. The molecule has 0 aliphatic heterocycles. The van der Waals surface area contributed by atoms with Crippen molar-refractivity contribution < 1.29 is 0 Å². The molecule has 55 heavy (non-hydrogen) atoms. The molecule has 4 fully saturated rings. The average molecular weight is 716 g/mol. The van der Waals surface area contributed by atoms with E-state index in [1.54, 1.807) is 11.1 Å². The second-order valence-corrected chi connectivity index (χ2v) is 19.3. The zero-order chi connectivity index (χ0) is 37.1. The molecule has 1 nitrogen and oxygen atoms in total. The molecule has 274 valence electrons. The fraction of sp³-hybridized carbons (Fsp3) is 0.333. The Labute approximate surface area is 328 Å². The zero-order valence-electron chi connectivity index (χ0n) is 33.0. The van der Waals surface area contributed by atoms with Crippen LogP contribution in [0, 0.1) is 23.7 Å². The number of benzene rings is 6. The van der Waals surface area contributed by atoms with Gasteiger partial charge in [-0.05, 0) is 178 Å². The predicted octanol–water partition coefficient (Wildman–Crippen LogP) is 14.6. The number of anilines is 3. The van der Waals surface area contributed by atoms with Crippen LogP contribution in [0.3, 0.4) is 0 Å². The average Bonchev–Trinajstić information content (AvgIpc) is 3.49. The van der Waals surface area contributed by atoms with Crippen LogP contribution in [0.5, 0.6) is 0 Å². The van der Waals surface area contributed by atoms with Crippen LogP contribution in [0.25, 0.3) is 33.4 Å². The van der Waals surface area contributed by atoms with Crippen LogP contribution < -0.4 is 4.90 Å². The molecular formula is C54H53N. The number of rotatable bonds is 5. The molecule has 4 bridgehead atoms. The number of fused-ring (bicyclic) bond motifs is 4. The van der Waals surface area contributed by atoms with Gasteiger partial charge in [-0.1, -0.05) is 125 Å². The van der Waals surface area contributed by atoms with E-state index in [2.05, 4.69) is 172 Å². The van der Waals surface area contributed by atoms with Crippen LogP contribution >= 0.6 is 0 Å². The molecule has 12 rings (SSSR count). The van der Waals surface area contributed by atoms with E-state index >= 15 is 0 Å². The van der Waals surface area contributed by atoms with Gasteiger partial charge >= 0.3 is 0 Å². The highest BCUT2D eigenvalue weighted by atomic mass is 15.1. The molecule has 0 N–H and O–H groups in total. The minimum absolute atomic E-state index is 0.134. The van der Waals surface area contributed by atoms with Crippen molar-refractivity contribution in [3.8, 4) is 33.4 Å². The molecule has 0 unspecified atom stereocenters. The van der Waals surface area contributed by atoms with Gasteiger partial charge in [0.05, 0.1) is 0 Å². The molecule has 0 atom stereocenters. The Balaban J connectivity index is 1.00. The molecule has 0 saturated heterocycles. The lowest BCUT2D eigenvalue weighted by atomic mass is 9.43. The monoisotopic (exact) mass is 715 g/mol. The van der Waals surface area contributed by atoms with Crippen molar-refractivity contribution in [2.45, 2.75) is 88.9 Å². The second kappa shape index (κ2) is 12.1. The summed E-state index contributed by atoms with van der Waals surface area (Å²) in [5.41, 5.74) is 18.5. The van der Waals surface area contributed by atoms with Crippen molar-refractivity contribution in [2.24, 2.45) is 23.7 Å².